The molecule has 0 spiro atoms. The van der Waals surface area contributed by atoms with E-state index in [9.17, 15) is 13.2 Å². The van der Waals surface area contributed by atoms with E-state index in [4.69, 9.17) is 9.72 Å². The number of halogens is 1. The molecule has 4 aromatic rings. The van der Waals surface area contributed by atoms with Crippen LogP contribution in [0.5, 0.6) is 0 Å². The normalized spacial score (nSPS) is 18.1. The summed E-state index contributed by atoms with van der Waals surface area (Å²) in [7, 11) is -3.24. The van der Waals surface area contributed by atoms with Crippen LogP contribution in [0.4, 0.5) is 11.4 Å². The Bertz CT molecular complexity index is 1850. The van der Waals surface area contributed by atoms with Crippen LogP contribution in [-0.2, 0) is 19.6 Å². The Morgan fingerprint density at radius 2 is 1.96 bits per heavy atom. The lowest BCUT2D eigenvalue weighted by Crippen LogP contribution is -2.41. The average Bonchev–Trinajstić information content (AvgIpc) is 3.74. The van der Waals surface area contributed by atoms with Crippen molar-refractivity contribution in [3.63, 3.8) is 0 Å². The third-order valence-electron chi connectivity index (χ3n) is 8.71. The van der Waals surface area contributed by atoms with Gasteiger partial charge in [0.15, 0.2) is 5.65 Å². The number of hydrogen-bond acceptors (Lipinski definition) is 8. The van der Waals surface area contributed by atoms with Crippen LogP contribution in [0, 0.1) is 20.8 Å². The molecule has 2 aliphatic heterocycles. The number of morpholine rings is 1. The Morgan fingerprint density at radius 1 is 1.18 bits per heavy atom. The highest BCUT2D eigenvalue weighted by Gasteiger charge is 2.31. The number of pyridine rings is 1. The molecule has 1 aromatic carbocycles. The maximum atomic E-state index is 12.9. The number of aromatic amines is 1. The van der Waals surface area contributed by atoms with E-state index in [1.54, 1.807) is 17.4 Å². The number of benzene rings is 1. The minimum atomic E-state index is -3.24. The summed E-state index contributed by atoms with van der Waals surface area (Å²) in [6.07, 6.45) is 2.43. The molecule has 1 unspecified atom stereocenters. The highest BCUT2D eigenvalue weighted by atomic mass is 79.9. The molecule has 0 aliphatic carbocycles. The number of fused-ring (bicyclic) bond motifs is 1. The molecule has 0 radical (unpaired) electrons. The van der Waals surface area contributed by atoms with E-state index in [1.807, 2.05) is 19.1 Å². The van der Waals surface area contributed by atoms with Crippen molar-refractivity contribution in [2.45, 2.75) is 40.2 Å². The number of aryl methyl sites for hydroxylation is 1. The van der Waals surface area contributed by atoms with Crippen molar-refractivity contribution < 1.29 is 17.9 Å². The predicted octanol–water partition coefficient (Wildman–Crippen LogP) is 4.21. The zero-order chi connectivity index (χ0) is 31.9. The molecule has 2 aliphatic rings. The van der Waals surface area contributed by atoms with Crippen molar-refractivity contribution in [1.29, 1.82) is 0 Å². The molecule has 0 bridgehead atoms. The maximum Gasteiger partial charge on any atom is 0.238 e. The molecule has 6 rings (SSSR count). The SMILES string of the molecule is CCS(=O)(=O)N1CCC(Nc2c(Br)cnc3nc(-c4cc(C)n(-c5cccc(NC(=O)CN6CCOCC6)c5C)c4C)[nH]c23)C1. The summed E-state index contributed by atoms with van der Waals surface area (Å²) in [6, 6.07) is 8.02. The van der Waals surface area contributed by atoms with Gasteiger partial charge in [-0.2, -0.15) is 4.31 Å². The number of anilines is 2. The molecule has 0 saturated carbocycles. The molecule has 5 heterocycles. The second-order valence-corrected chi connectivity index (χ2v) is 14.8. The molecule has 2 saturated heterocycles. The minimum Gasteiger partial charge on any atom is -0.379 e. The molecule has 1 amide bonds. The van der Waals surface area contributed by atoms with Crippen molar-refractivity contribution in [1.82, 2.24) is 28.7 Å². The topological polar surface area (TPSA) is 137 Å². The Hall–Kier alpha value is -3.30. The van der Waals surface area contributed by atoms with Gasteiger partial charge in [0.1, 0.15) is 11.3 Å². The van der Waals surface area contributed by atoms with E-state index in [2.05, 4.69) is 72.0 Å². The van der Waals surface area contributed by atoms with Crippen LogP contribution in [0.25, 0.3) is 28.2 Å². The van der Waals surface area contributed by atoms with Gasteiger partial charge in [0.05, 0.1) is 41.4 Å². The van der Waals surface area contributed by atoms with E-state index in [-0.39, 0.29) is 17.7 Å². The number of rotatable bonds is 9. The summed E-state index contributed by atoms with van der Waals surface area (Å²) in [5.74, 6) is 0.743. The lowest BCUT2D eigenvalue weighted by molar-refractivity contribution is -0.118. The number of imidazole rings is 1. The van der Waals surface area contributed by atoms with Crippen LogP contribution < -0.4 is 10.6 Å². The number of H-pyrrole nitrogens is 1. The van der Waals surface area contributed by atoms with Gasteiger partial charge in [0, 0.05) is 61.1 Å². The highest BCUT2D eigenvalue weighted by Crippen LogP contribution is 2.35. The molecule has 3 N–H and O–H groups in total. The van der Waals surface area contributed by atoms with Gasteiger partial charge in [-0.25, -0.2) is 18.4 Å². The summed E-state index contributed by atoms with van der Waals surface area (Å²) in [5, 5.41) is 6.65. The van der Waals surface area contributed by atoms with Crippen LogP contribution in [0.1, 0.15) is 30.3 Å². The van der Waals surface area contributed by atoms with Crippen LogP contribution in [0.3, 0.4) is 0 Å². The van der Waals surface area contributed by atoms with Gasteiger partial charge in [-0.05, 0) is 73.8 Å². The van der Waals surface area contributed by atoms with Crippen LogP contribution in [-0.4, -0.2) is 101 Å². The number of nitrogens with zero attached hydrogens (tertiary/aromatic N) is 5. The zero-order valence-electron chi connectivity index (χ0n) is 26.0. The lowest BCUT2D eigenvalue weighted by Gasteiger charge is -2.26. The van der Waals surface area contributed by atoms with Crippen LogP contribution in [0.2, 0.25) is 0 Å². The third-order valence-corrected chi connectivity index (χ3v) is 11.2. The standard InChI is InChI=1S/C31H39BrN8O4S/c1-5-45(42,43)39-10-9-22(17-39)34-28-24(32)16-33-31-29(28)36-30(37-31)23-15-19(2)40(21(23)4)26-8-6-7-25(20(26)3)35-27(41)18-38-11-13-44-14-12-38/h6-8,15-16,22H,5,9-14,17-18H2,1-4H3,(H,35,41)(H2,33,34,36,37). The summed E-state index contributed by atoms with van der Waals surface area (Å²) in [5.41, 5.74) is 7.82. The average molecular weight is 700 g/mol. The Labute approximate surface area is 271 Å². The van der Waals surface area contributed by atoms with Gasteiger partial charge < -0.3 is 24.9 Å². The number of nitrogens with one attached hydrogen (secondary N) is 3. The van der Waals surface area contributed by atoms with E-state index >= 15 is 0 Å². The number of aromatic nitrogens is 4. The van der Waals surface area contributed by atoms with Crippen molar-refractivity contribution in [3.8, 4) is 17.1 Å². The zero-order valence-corrected chi connectivity index (χ0v) is 28.4. The highest BCUT2D eigenvalue weighted by molar-refractivity contribution is 9.10. The number of sulfonamides is 1. The summed E-state index contributed by atoms with van der Waals surface area (Å²) in [6.45, 7) is 11.9. The molecule has 3 aromatic heterocycles. The Balaban J connectivity index is 1.27. The number of ether oxygens (including phenoxy) is 1. The molecule has 240 valence electrons. The molecule has 1 atom stereocenters. The first-order valence-electron chi connectivity index (χ1n) is 15.2. The molecule has 12 nitrogen and oxygen atoms in total. The molecular formula is C31H39BrN8O4S. The molecule has 14 heteroatoms. The second kappa shape index (κ2) is 12.8. The van der Waals surface area contributed by atoms with Gasteiger partial charge in [-0.3, -0.25) is 9.69 Å². The lowest BCUT2D eigenvalue weighted by atomic mass is 10.1. The molecule has 45 heavy (non-hydrogen) atoms. The first-order chi connectivity index (χ1) is 21.6. The summed E-state index contributed by atoms with van der Waals surface area (Å²) >= 11 is 3.63. The smallest absolute Gasteiger partial charge is 0.238 e. The van der Waals surface area contributed by atoms with Crippen LogP contribution >= 0.6 is 15.9 Å². The second-order valence-electron chi connectivity index (χ2n) is 11.7. The fourth-order valence-corrected chi connectivity index (χ4v) is 7.78. The van der Waals surface area contributed by atoms with Crippen molar-refractivity contribution in [2.24, 2.45) is 0 Å². The largest absolute Gasteiger partial charge is 0.379 e. The Kier molecular flexibility index (Phi) is 9.03. The minimum absolute atomic E-state index is 0.0327. The fourth-order valence-electron chi connectivity index (χ4n) is 6.21. The summed E-state index contributed by atoms with van der Waals surface area (Å²) in [4.78, 5) is 27.9. The van der Waals surface area contributed by atoms with Gasteiger partial charge in [-0.1, -0.05) is 6.07 Å². The van der Waals surface area contributed by atoms with Gasteiger partial charge >= 0.3 is 0 Å². The first-order valence-corrected chi connectivity index (χ1v) is 17.6. The molecular weight excluding hydrogens is 660 g/mol. The predicted molar refractivity (Wildman–Crippen MR) is 180 cm³/mol. The fraction of sp³-hybridized carbons (Fsp3) is 0.452. The quantitative estimate of drug-likeness (QED) is 0.237. The first kappa shape index (κ1) is 31.7. The number of carbonyl (C=O) groups is 1. The van der Waals surface area contributed by atoms with Gasteiger partial charge in [0.2, 0.25) is 15.9 Å². The third kappa shape index (κ3) is 6.39. The number of amides is 1. The maximum absolute atomic E-state index is 12.9. The Morgan fingerprint density at radius 3 is 2.71 bits per heavy atom. The van der Waals surface area contributed by atoms with E-state index in [0.29, 0.717) is 50.7 Å². The summed E-state index contributed by atoms with van der Waals surface area (Å²) < 4.78 is 34.7. The monoisotopic (exact) mass is 698 g/mol. The van der Waals surface area contributed by atoms with Gasteiger partial charge in [0.25, 0.3) is 0 Å². The van der Waals surface area contributed by atoms with E-state index in [1.165, 1.54) is 0 Å². The van der Waals surface area contributed by atoms with E-state index < -0.39 is 10.0 Å². The van der Waals surface area contributed by atoms with E-state index in [0.717, 1.165) is 62.7 Å². The van der Waals surface area contributed by atoms with Crippen molar-refractivity contribution in [3.05, 3.63) is 51.9 Å². The van der Waals surface area contributed by atoms with Crippen molar-refractivity contribution >= 4 is 54.4 Å². The van der Waals surface area contributed by atoms with Gasteiger partial charge in [-0.15, -0.1) is 0 Å². The molecule has 2 fully saturated rings. The van der Waals surface area contributed by atoms with Crippen LogP contribution in [0.15, 0.2) is 34.9 Å². The number of carbonyl (C=O) groups excluding carboxylic acids is 1. The number of hydrogen-bond donors (Lipinski definition) is 3. The van der Waals surface area contributed by atoms with Crippen molar-refractivity contribution in [2.75, 3.05) is 62.3 Å².